The molecule has 0 saturated heterocycles. The average molecular weight is 437 g/mol. The molecule has 0 aliphatic rings. The smallest absolute Gasteiger partial charge is 0.243 e. The highest BCUT2D eigenvalue weighted by Gasteiger charge is 2.30. The van der Waals surface area contributed by atoms with Gasteiger partial charge in [-0.3, -0.25) is 19.2 Å². The van der Waals surface area contributed by atoms with Gasteiger partial charge in [-0.15, -0.1) is 0 Å². The summed E-state index contributed by atoms with van der Waals surface area (Å²) in [6.07, 6.45) is 3.70. The molecule has 1 aromatic rings. The number of benzene rings is 1. The van der Waals surface area contributed by atoms with E-state index >= 15 is 0 Å². The highest BCUT2D eigenvalue weighted by Crippen LogP contribution is 2.10. The fourth-order valence-electron chi connectivity index (χ4n) is 2.92. The number of hydrogen-bond acceptors (Lipinski definition) is 5. The minimum absolute atomic E-state index is 0.148. The van der Waals surface area contributed by atoms with Gasteiger partial charge in [-0.05, 0) is 29.9 Å². The molecule has 0 bridgehead atoms. The van der Waals surface area contributed by atoms with E-state index in [-0.39, 0.29) is 12.3 Å². The first-order valence-electron chi connectivity index (χ1n) is 9.96. The van der Waals surface area contributed by atoms with E-state index in [2.05, 4.69) is 16.0 Å². The second-order valence-electron chi connectivity index (χ2n) is 7.14. The Balaban J connectivity index is 3.02. The molecule has 4 atom stereocenters. The molecule has 0 aliphatic carbocycles. The average Bonchev–Trinajstić information content (AvgIpc) is 2.74. The Bertz CT molecular complexity index is 702. The number of thioether (sulfide) groups is 1. The van der Waals surface area contributed by atoms with Crippen molar-refractivity contribution in [2.24, 2.45) is 11.7 Å². The first-order chi connectivity index (χ1) is 14.3. The number of carbonyl (C=O) groups is 4. The van der Waals surface area contributed by atoms with Crippen LogP contribution in [0.15, 0.2) is 30.3 Å². The molecule has 4 amide bonds. The van der Waals surface area contributed by atoms with E-state index in [9.17, 15) is 19.2 Å². The second-order valence-corrected chi connectivity index (χ2v) is 8.13. The van der Waals surface area contributed by atoms with E-state index in [4.69, 9.17) is 5.73 Å². The zero-order valence-electron chi connectivity index (χ0n) is 17.7. The summed E-state index contributed by atoms with van der Waals surface area (Å²) in [4.78, 5) is 48.4. The molecule has 0 radical (unpaired) electrons. The molecule has 5 N–H and O–H groups in total. The number of amides is 4. The summed E-state index contributed by atoms with van der Waals surface area (Å²) in [7, 11) is 0. The van der Waals surface area contributed by atoms with Crippen LogP contribution in [0.5, 0.6) is 0 Å². The Morgan fingerprint density at radius 1 is 1.10 bits per heavy atom. The van der Waals surface area contributed by atoms with Gasteiger partial charge in [0.05, 0.1) is 0 Å². The fraction of sp³-hybridized carbons (Fsp3) is 0.524. The first-order valence-corrected chi connectivity index (χ1v) is 11.4. The van der Waals surface area contributed by atoms with Gasteiger partial charge in [-0.2, -0.15) is 11.8 Å². The van der Waals surface area contributed by atoms with Crippen LogP contribution >= 0.6 is 11.8 Å². The Kier molecular flexibility index (Phi) is 11.6. The lowest BCUT2D eigenvalue weighted by atomic mass is 9.97. The van der Waals surface area contributed by atoms with Gasteiger partial charge < -0.3 is 21.7 Å². The lowest BCUT2D eigenvalue weighted by Crippen LogP contribution is -2.57. The highest BCUT2D eigenvalue weighted by molar-refractivity contribution is 7.98. The third-order valence-electron chi connectivity index (χ3n) is 4.93. The minimum atomic E-state index is -0.920. The predicted molar refractivity (Wildman–Crippen MR) is 119 cm³/mol. The van der Waals surface area contributed by atoms with Crippen LogP contribution < -0.4 is 21.7 Å². The number of primary amides is 1. The van der Waals surface area contributed by atoms with Crippen molar-refractivity contribution in [3.8, 4) is 0 Å². The molecule has 0 fully saturated rings. The summed E-state index contributed by atoms with van der Waals surface area (Å²) in [6.45, 7) is 3.73. The van der Waals surface area contributed by atoms with Crippen molar-refractivity contribution in [3.63, 3.8) is 0 Å². The summed E-state index contributed by atoms with van der Waals surface area (Å²) in [5.41, 5.74) is 6.31. The lowest BCUT2D eigenvalue weighted by molar-refractivity contribution is -0.133. The third kappa shape index (κ3) is 8.44. The minimum Gasteiger partial charge on any atom is -0.368 e. The predicted octanol–water partition coefficient (Wildman–Crippen LogP) is 0.598. The van der Waals surface area contributed by atoms with E-state index in [0.717, 1.165) is 5.56 Å². The van der Waals surface area contributed by atoms with Crippen molar-refractivity contribution in [2.75, 3.05) is 12.0 Å². The maximum atomic E-state index is 13.0. The first kappa shape index (κ1) is 25.5. The fourth-order valence-corrected chi connectivity index (χ4v) is 3.39. The van der Waals surface area contributed by atoms with E-state index in [1.165, 1.54) is 0 Å². The van der Waals surface area contributed by atoms with E-state index in [1.807, 2.05) is 50.4 Å². The van der Waals surface area contributed by atoms with Gasteiger partial charge in [0.25, 0.3) is 0 Å². The number of nitrogens with two attached hydrogens (primary N) is 1. The zero-order chi connectivity index (χ0) is 22.5. The molecule has 0 spiro atoms. The Morgan fingerprint density at radius 2 is 1.73 bits per heavy atom. The monoisotopic (exact) mass is 436 g/mol. The molecular formula is C21H32N4O4S. The second kappa shape index (κ2) is 13.6. The van der Waals surface area contributed by atoms with Gasteiger partial charge in [0.1, 0.15) is 18.1 Å². The van der Waals surface area contributed by atoms with Crippen LogP contribution in [0.2, 0.25) is 0 Å². The van der Waals surface area contributed by atoms with Crippen LogP contribution in [-0.4, -0.2) is 54.3 Å². The number of hydrogen-bond donors (Lipinski definition) is 4. The summed E-state index contributed by atoms with van der Waals surface area (Å²) < 4.78 is 0. The van der Waals surface area contributed by atoms with Crippen molar-refractivity contribution in [3.05, 3.63) is 35.9 Å². The van der Waals surface area contributed by atoms with Gasteiger partial charge in [0.2, 0.25) is 24.1 Å². The molecule has 0 saturated carbocycles. The van der Waals surface area contributed by atoms with Gasteiger partial charge in [0, 0.05) is 6.42 Å². The Morgan fingerprint density at radius 3 is 2.27 bits per heavy atom. The normalized spacial score (nSPS) is 14.6. The van der Waals surface area contributed by atoms with Crippen LogP contribution in [0.3, 0.4) is 0 Å². The summed E-state index contributed by atoms with van der Waals surface area (Å²) in [5, 5.41) is 7.91. The van der Waals surface area contributed by atoms with Crippen LogP contribution in [0.4, 0.5) is 0 Å². The molecule has 0 unspecified atom stereocenters. The summed E-state index contributed by atoms with van der Waals surface area (Å²) in [6, 6.07) is 6.73. The molecular weight excluding hydrogens is 404 g/mol. The highest BCUT2D eigenvalue weighted by atomic mass is 32.2. The van der Waals surface area contributed by atoms with Crippen molar-refractivity contribution in [1.82, 2.24) is 16.0 Å². The van der Waals surface area contributed by atoms with Gasteiger partial charge >= 0.3 is 0 Å². The molecule has 0 aromatic heterocycles. The third-order valence-corrected chi connectivity index (χ3v) is 5.57. The number of nitrogens with one attached hydrogen (secondary N) is 3. The molecule has 1 aromatic carbocycles. The summed E-state index contributed by atoms with van der Waals surface area (Å²) in [5.74, 6) is -1.04. The van der Waals surface area contributed by atoms with Crippen molar-refractivity contribution in [2.45, 2.75) is 51.2 Å². The molecule has 8 nitrogen and oxygen atoms in total. The van der Waals surface area contributed by atoms with Crippen LogP contribution in [0, 0.1) is 5.92 Å². The van der Waals surface area contributed by atoms with E-state index in [1.54, 1.807) is 11.8 Å². The van der Waals surface area contributed by atoms with E-state index in [0.29, 0.717) is 25.0 Å². The molecule has 30 heavy (non-hydrogen) atoms. The number of carbonyl (C=O) groups excluding carboxylic acids is 4. The Labute approximate surface area is 182 Å². The van der Waals surface area contributed by atoms with Gasteiger partial charge in [-0.1, -0.05) is 50.6 Å². The van der Waals surface area contributed by atoms with Gasteiger partial charge in [-0.25, -0.2) is 0 Å². The standard InChI is InChI=1S/C21H32N4O4S/c1-4-14(2)18(19(22)27)25-21(29)17(12-15-8-6-5-7-9-15)24-20(28)16(23-13-26)10-11-30-3/h5-9,13-14,16-18H,4,10-12H2,1-3H3,(H2,22,27)(H,23,26)(H,24,28)(H,25,29)/t14-,16-,17-,18-/m0/s1. The van der Waals surface area contributed by atoms with Crippen molar-refractivity contribution < 1.29 is 19.2 Å². The maximum Gasteiger partial charge on any atom is 0.243 e. The largest absolute Gasteiger partial charge is 0.368 e. The topological polar surface area (TPSA) is 130 Å². The van der Waals surface area contributed by atoms with Gasteiger partial charge in [0.15, 0.2) is 0 Å². The lowest BCUT2D eigenvalue weighted by Gasteiger charge is -2.26. The SMILES string of the molecule is CC[C@H](C)[C@H](NC(=O)[C@H](Cc1ccccc1)NC(=O)[C@H](CCSC)NC=O)C(N)=O. The van der Waals surface area contributed by atoms with Crippen molar-refractivity contribution >= 4 is 35.9 Å². The molecule has 0 aliphatic heterocycles. The zero-order valence-corrected chi connectivity index (χ0v) is 18.5. The van der Waals surface area contributed by atoms with E-state index < -0.39 is 35.8 Å². The summed E-state index contributed by atoms with van der Waals surface area (Å²) >= 11 is 1.55. The molecule has 1 rings (SSSR count). The maximum absolute atomic E-state index is 13.0. The van der Waals surface area contributed by atoms with Crippen LogP contribution in [0.25, 0.3) is 0 Å². The molecule has 166 valence electrons. The van der Waals surface area contributed by atoms with Crippen LogP contribution in [0.1, 0.15) is 32.3 Å². The van der Waals surface area contributed by atoms with Crippen LogP contribution in [-0.2, 0) is 25.6 Å². The number of rotatable bonds is 14. The van der Waals surface area contributed by atoms with Crippen molar-refractivity contribution in [1.29, 1.82) is 0 Å². The molecule has 0 heterocycles. The quantitative estimate of drug-likeness (QED) is 0.317. The Hall–Kier alpha value is -2.55. The molecule has 9 heteroatoms.